The molecule has 0 aliphatic carbocycles. The molecule has 84 valence electrons. The van der Waals surface area contributed by atoms with Gasteiger partial charge in [0.2, 0.25) is 6.41 Å². The van der Waals surface area contributed by atoms with Gasteiger partial charge in [-0.05, 0) is 31.5 Å². The van der Waals surface area contributed by atoms with Crippen LogP contribution < -0.4 is 10.1 Å². The third-order valence-corrected chi connectivity index (χ3v) is 1.65. The normalized spacial score (nSPS) is 8.53. The molecule has 0 unspecified atom stereocenters. The summed E-state index contributed by atoms with van der Waals surface area (Å²) in [6.45, 7) is 8.47. The van der Waals surface area contributed by atoms with Gasteiger partial charge >= 0.3 is 0 Å². The summed E-state index contributed by atoms with van der Waals surface area (Å²) in [6, 6.07) is 5.67. The molecule has 1 rings (SSSR count). The summed E-state index contributed by atoms with van der Waals surface area (Å²) in [6.07, 6.45) is 0.650. The molecule has 0 saturated carbocycles. The molecule has 1 aromatic carbocycles. The van der Waals surface area contributed by atoms with E-state index in [4.69, 9.17) is 4.74 Å². The first-order chi connectivity index (χ1) is 7.27. The topological polar surface area (TPSA) is 38.3 Å². The van der Waals surface area contributed by atoms with E-state index in [0.29, 0.717) is 18.8 Å². The lowest BCUT2D eigenvalue weighted by Gasteiger charge is -2.09. The molecule has 3 nitrogen and oxygen atoms in total. The molecule has 0 spiro atoms. The van der Waals surface area contributed by atoms with Crippen molar-refractivity contribution in [2.24, 2.45) is 0 Å². The van der Waals surface area contributed by atoms with Crippen molar-refractivity contribution in [3.8, 4) is 5.75 Å². The van der Waals surface area contributed by atoms with Crippen molar-refractivity contribution in [3.05, 3.63) is 23.8 Å². The Hall–Kier alpha value is -1.51. The van der Waals surface area contributed by atoms with Crippen molar-refractivity contribution in [2.75, 3.05) is 11.9 Å². The summed E-state index contributed by atoms with van der Waals surface area (Å²) < 4.78 is 5.32. The molecule has 3 heteroatoms. The number of amides is 1. The Balaban J connectivity index is 0.000000921. The lowest BCUT2D eigenvalue weighted by molar-refractivity contribution is -0.105. The second-order valence-electron chi connectivity index (χ2n) is 2.69. The lowest BCUT2D eigenvalue weighted by Crippen LogP contribution is -2.00. The van der Waals surface area contributed by atoms with Crippen molar-refractivity contribution < 1.29 is 9.53 Å². The number of aryl methyl sites for hydroxylation is 1. The van der Waals surface area contributed by atoms with Crippen molar-refractivity contribution in [2.45, 2.75) is 27.7 Å². The number of carbonyl (C=O) groups excluding carboxylic acids is 1. The van der Waals surface area contributed by atoms with E-state index in [1.807, 2.05) is 45.9 Å². The number of nitrogens with one attached hydrogen (secondary N) is 1. The summed E-state index contributed by atoms with van der Waals surface area (Å²) in [4.78, 5) is 10.3. The highest BCUT2D eigenvalue weighted by atomic mass is 16.5. The highest BCUT2D eigenvalue weighted by Gasteiger charge is 2.01. The van der Waals surface area contributed by atoms with Crippen LogP contribution in [0.3, 0.4) is 0 Å². The van der Waals surface area contributed by atoms with Crippen molar-refractivity contribution in [3.63, 3.8) is 0 Å². The second kappa shape index (κ2) is 7.85. The summed E-state index contributed by atoms with van der Waals surface area (Å²) in [7, 11) is 0. The fourth-order valence-electron chi connectivity index (χ4n) is 1.10. The molecule has 0 bridgehead atoms. The SMILES string of the molecule is CC.CCOc1ccc(C)cc1NC=O. The van der Waals surface area contributed by atoms with Crippen LogP contribution in [-0.4, -0.2) is 13.0 Å². The second-order valence-corrected chi connectivity index (χ2v) is 2.69. The van der Waals surface area contributed by atoms with E-state index in [2.05, 4.69) is 5.32 Å². The average Bonchev–Trinajstić information content (AvgIpc) is 2.26. The smallest absolute Gasteiger partial charge is 0.211 e. The molecule has 1 amide bonds. The Kier molecular flexibility index (Phi) is 7.06. The maximum absolute atomic E-state index is 10.3. The van der Waals surface area contributed by atoms with Gasteiger partial charge < -0.3 is 10.1 Å². The first-order valence-electron chi connectivity index (χ1n) is 5.21. The molecule has 0 atom stereocenters. The molecular weight excluding hydrogens is 190 g/mol. The minimum absolute atomic E-state index is 0.594. The van der Waals surface area contributed by atoms with Crippen LogP contribution in [-0.2, 0) is 4.79 Å². The van der Waals surface area contributed by atoms with Gasteiger partial charge in [0.1, 0.15) is 5.75 Å². The van der Waals surface area contributed by atoms with Gasteiger partial charge in [0.15, 0.2) is 0 Å². The zero-order chi connectivity index (χ0) is 11.7. The van der Waals surface area contributed by atoms with E-state index in [0.717, 1.165) is 11.3 Å². The number of benzene rings is 1. The van der Waals surface area contributed by atoms with Gasteiger partial charge in [-0.3, -0.25) is 4.79 Å². The number of ether oxygens (including phenoxy) is 1. The molecule has 0 aliphatic heterocycles. The Labute approximate surface area is 91.5 Å². The summed E-state index contributed by atoms with van der Waals surface area (Å²) >= 11 is 0. The van der Waals surface area contributed by atoms with E-state index in [9.17, 15) is 4.79 Å². The average molecular weight is 209 g/mol. The van der Waals surface area contributed by atoms with E-state index >= 15 is 0 Å². The molecule has 0 saturated heterocycles. The molecule has 0 fully saturated rings. The van der Waals surface area contributed by atoms with E-state index in [1.165, 1.54) is 0 Å². The standard InChI is InChI=1S/C10H13NO2.C2H6/c1-3-13-10-5-4-8(2)6-9(10)11-7-12;1-2/h4-7H,3H2,1-2H3,(H,11,12);1-2H3. The van der Waals surface area contributed by atoms with Gasteiger partial charge in [0.05, 0.1) is 12.3 Å². The number of rotatable bonds is 4. The minimum atomic E-state index is 0.594. The van der Waals surface area contributed by atoms with E-state index in [1.54, 1.807) is 0 Å². The molecule has 1 N–H and O–H groups in total. The molecule has 0 aliphatic rings. The number of carbonyl (C=O) groups is 1. The van der Waals surface area contributed by atoms with Gasteiger partial charge in [-0.2, -0.15) is 0 Å². The van der Waals surface area contributed by atoms with Crippen LogP contribution in [0.25, 0.3) is 0 Å². The Morgan fingerprint density at radius 1 is 1.40 bits per heavy atom. The van der Waals surface area contributed by atoms with Crippen LogP contribution in [0, 0.1) is 6.92 Å². The highest BCUT2D eigenvalue weighted by molar-refractivity contribution is 5.75. The van der Waals surface area contributed by atoms with Crippen LogP contribution in [0.5, 0.6) is 5.75 Å². The largest absolute Gasteiger partial charge is 0.492 e. The third kappa shape index (κ3) is 4.49. The van der Waals surface area contributed by atoms with Gasteiger partial charge in [-0.15, -0.1) is 0 Å². The van der Waals surface area contributed by atoms with Crippen molar-refractivity contribution >= 4 is 12.1 Å². The maximum atomic E-state index is 10.3. The van der Waals surface area contributed by atoms with Crippen LogP contribution >= 0.6 is 0 Å². The molecule has 15 heavy (non-hydrogen) atoms. The first-order valence-corrected chi connectivity index (χ1v) is 5.21. The van der Waals surface area contributed by atoms with Crippen molar-refractivity contribution in [1.29, 1.82) is 0 Å². The predicted octanol–water partition coefficient (Wildman–Crippen LogP) is 2.99. The fourth-order valence-corrected chi connectivity index (χ4v) is 1.10. The van der Waals surface area contributed by atoms with Crippen LogP contribution in [0.4, 0.5) is 5.69 Å². The summed E-state index contributed by atoms with van der Waals surface area (Å²) in [5.41, 5.74) is 1.81. The Morgan fingerprint density at radius 3 is 2.60 bits per heavy atom. The molecule has 0 radical (unpaired) electrons. The number of hydrogen-bond donors (Lipinski definition) is 1. The van der Waals surface area contributed by atoms with Crippen LogP contribution in [0.1, 0.15) is 26.3 Å². The van der Waals surface area contributed by atoms with E-state index < -0.39 is 0 Å². The van der Waals surface area contributed by atoms with Gasteiger partial charge in [-0.25, -0.2) is 0 Å². The Morgan fingerprint density at radius 2 is 2.07 bits per heavy atom. The third-order valence-electron chi connectivity index (χ3n) is 1.65. The summed E-state index contributed by atoms with van der Waals surface area (Å²) in [5, 5.41) is 2.60. The number of hydrogen-bond acceptors (Lipinski definition) is 2. The molecule has 0 aromatic heterocycles. The lowest BCUT2D eigenvalue weighted by atomic mass is 10.2. The molecular formula is C12H19NO2. The predicted molar refractivity (Wildman–Crippen MR) is 63.4 cm³/mol. The maximum Gasteiger partial charge on any atom is 0.211 e. The highest BCUT2D eigenvalue weighted by Crippen LogP contribution is 2.24. The summed E-state index contributed by atoms with van der Waals surface area (Å²) in [5.74, 6) is 0.709. The molecule has 1 aromatic rings. The monoisotopic (exact) mass is 209 g/mol. The minimum Gasteiger partial charge on any atom is -0.492 e. The molecule has 0 heterocycles. The van der Waals surface area contributed by atoms with Gasteiger partial charge in [0, 0.05) is 0 Å². The van der Waals surface area contributed by atoms with Crippen LogP contribution in [0.15, 0.2) is 18.2 Å². The van der Waals surface area contributed by atoms with Crippen molar-refractivity contribution in [1.82, 2.24) is 0 Å². The van der Waals surface area contributed by atoms with Gasteiger partial charge in [-0.1, -0.05) is 19.9 Å². The zero-order valence-corrected chi connectivity index (χ0v) is 9.83. The van der Waals surface area contributed by atoms with E-state index in [-0.39, 0.29) is 0 Å². The Bertz CT molecular complexity index is 298. The van der Waals surface area contributed by atoms with Crippen LogP contribution in [0.2, 0.25) is 0 Å². The number of anilines is 1. The quantitative estimate of drug-likeness (QED) is 0.774. The zero-order valence-electron chi connectivity index (χ0n) is 9.83. The fraction of sp³-hybridized carbons (Fsp3) is 0.417. The van der Waals surface area contributed by atoms with Gasteiger partial charge in [0.25, 0.3) is 0 Å². The first kappa shape index (κ1) is 13.5.